The summed E-state index contributed by atoms with van der Waals surface area (Å²) in [6, 6.07) is 0. The van der Waals surface area contributed by atoms with E-state index < -0.39 is 24.3 Å². The summed E-state index contributed by atoms with van der Waals surface area (Å²) < 4.78 is 22.6. The number of likely N-dealkylation sites (N-methyl/N-ethyl adjacent to an activating group) is 1. The molecule has 0 amide bonds. The molecule has 0 N–H and O–H groups in total. The molecular formula is C55H101NO8. The molecule has 0 radical (unpaired) electrons. The smallest absolute Gasteiger partial charge is 0.306 e. The van der Waals surface area contributed by atoms with Crippen LogP contribution in [0.4, 0.5) is 0 Å². The van der Waals surface area contributed by atoms with Crippen LogP contribution in [0.1, 0.15) is 239 Å². The van der Waals surface area contributed by atoms with Crippen LogP contribution in [0.25, 0.3) is 0 Å². The molecule has 64 heavy (non-hydrogen) atoms. The number of rotatable bonds is 49. The maximum absolute atomic E-state index is 12.8. The number of hydrogen-bond donors (Lipinski definition) is 0. The summed E-state index contributed by atoms with van der Waals surface area (Å²) in [5.41, 5.74) is 0. The van der Waals surface area contributed by atoms with Gasteiger partial charge in [0.25, 0.3) is 0 Å². The third-order valence-electron chi connectivity index (χ3n) is 11.6. The van der Waals surface area contributed by atoms with Crippen LogP contribution in [0, 0.1) is 0 Å². The zero-order valence-electron chi connectivity index (χ0n) is 42.4. The second-order valence-corrected chi connectivity index (χ2v) is 19.2. The lowest BCUT2D eigenvalue weighted by Crippen LogP contribution is -2.44. The van der Waals surface area contributed by atoms with Crippen molar-refractivity contribution in [3.05, 3.63) is 36.5 Å². The predicted octanol–water partition coefficient (Wildman–Crippen LogP) is 13.6. The number of carbonyl (C=O) groups excluding carboxylic acids is 3. The molecule has 2 unspecified atom stereocenters. The van der Waals surface area contributed by atoms with Gasteiger partial charge in [0.15, 0.2) is 12.4 Å². The fourth-order valence-electron chi connectivity index (χ4n) is 7.48. The van der Waals surface area contributed by atoms with Crippen LogP contribution in [0.15, 0.2) is 36.5 Å². The Bertz CT molecular complexity index is 1150. The Labute approximate surface area is 394 Å². The van der Waals surface area contributed by atoms with Crippen molar-refractivity contribution in [2.24, 2.45) is 0 Å². The van der Waals surface area contributed by atoms with Gasteiger partial charge in [-0.05, 0) is 51.4 Å². The molecule has 9 heteroatoms. The van der Waals surface area contributed by atoms with Crippen molar-refractivity contribution in [2.45, 2.75) is 251 Å². The number of unbranched alkanes of at least 4 members (excludes halogenated alkanes) is 28. The van der Waals surface area contributed by atoms with Crippen molar-refractivity contribution >= 4 is 17.9 Å². The van der Waals surface area contributed by atoms with E-state index in [2.05, 4.69) is 50.3 Å². The highest BCUT2D eigenvalue weighted by atomic mass is 16.7. The number of carbonyl (C=O) groups is 3. The standard InChI is InChI=1S/C55H101NO8/c1-6-8-10-12-14-16-18-20-22-24-26-28-29-31-33-35-37-39-41-43-45-52(57)62-49-51(50-63-55(54(59)60)61-48-47-56(3,4)5)64-53(58)46-44-42-40-38-36-34-32-30-27-25-23-21-19-17-15-13-11-9-7-2/h15,17,21,23,27,30,51,55H,6-14,16,18-20,22,24-26,28-29,31-50H2,1-5H3/b17-15-,23-21-,30-27-. The Balaban J connectivity index is 4.32. The number of allylic oxidation sites excluding steroid dienone is 6. The first kappa shape index (κ1) is 61.5. The zero-order valence-corrected chi connectivity index (χ0v) is 42.4. The number of aliphatic carboxylic acids is 1. The number of carboxylic acids is 1. The molecule has 0 aromatic carbocycles. The number of ether oxygens (including phenoxy) is 4. The largest absolute Gasteiger partial charge is 0.545 e. The molecule has 0 aliphatic heterocycles. The predicted molar refractivity (Wildman–Crippen MR) is 265 cm³/mol. The number of quaternary nitrogens is 1. The second-order valence-electron chi connectivity index (χ2n) is 19.2. The van der Waals surface area contributed by atoms with Gasteiger partial charge in [-0.1, -0.05) is 211 Å². The van der Waals surface area contributed by atoms with E-state index in [-0.39, 0.29) is 32.2 Å². The molecular weight excluding hydrogens is 803 g/mol. The molecule has 374 valence electrons. The van der Waals surface area contributed by atoms with Crippen molar-refractivity contribution in [1.82, 2.24) is 0 Å². The van der Waals surface area contributed by atoms with Gasteiger partial charge in [-0.15, -0.1) is 0 Å². The monoisotopic (exact) mass is 904 g/mol. The van der Waals surface area contributed by atoms with Crippen LogP contribution in [-0.4, -0.2) is 82.3 Å². The van der Waals surface area contributed by atoms with Gasteiger partial charge in [0.05, 0.1) is 40.3 Å². The minimum Gasteiger partial charge on any atom is -0.545 e. The second kappa shape index (κ2) is 47.0. The average Bonchev–Trinajstić information content (AvgIpc) is 3.26. The molecule has 0 aliphatic carbocycles. The SMILES string of the molecule is CCCCC/C=C\C/C=C\C/C=C\CCCCCCCCC(=O)OC(COC(=O)CCCCCCCCCCCCCCCCCCCCCC)COC(OCC[N+](C)(C)C)C(=O)[O-]. The van der Waals surface area contributed by atoms with E-state index in [1.807, 2.05) is 21.1 Å². The number of esters is 2. The third-order valence-corrected chi connectivity index (χ3v) is 11.6. The van der Waals surface area contributed by atoms with Gasteiger partial charge in [0, 0.05) is 12.8 Å². The molecule has 2 atom stereocenters. The summed E-state index contributed by atoms with van der Waals surface area (Å²) in [5, 5.41) is 11.7. The number of carboxylic acid groups (broad SMARTS) is 1. The summed E-state index contributed by atoms with van der Waals surface area (Å²) in [6.45, 7) is 4.73. The van der Waals surface area contributed by atoms with E-state index in [4.69, 9.17) is 18.9 Å². The molecule has 0 aliphatic rings. The average molecular weight is 904 g/mol. The fourth-order valence-corrected chi connectivity index (χ4v) is 7.48. The molecule has 0 saturated carbocycles. The first-order valence-electron chi connectivity index (χ1n) is 26.6. The Morgan fingerprint density at radius 3 is 1.28 bits per heavy atom. The van der Waals surface area contributed by atoms with Gasteiger partial charge in [-0.3, -0.25) is 9.59 Å². The quantitative estimate of drug-likeness (QED) is 0.0195. The van der Waals surface area contributed by atoms with Gasteiger partial charge in [0.2, 0.25) is 0 Å². The minimum absolute atomic E-state index is 0.146. The molecule has 0 aromatic rings. The van der Waals surface area contributed by atoms with Crippen molar-refractivity contribution in [2.75, 3.05) is 47.5 Å². The van der Waals surface area contributed by atoms with Gasteiger partial charge in [0.1, 0.15) is 13.2 Å². The summed E-state index contributed by atoms with van der Waals surface area (Å²) in [6.07, 6.45) is 51.7. The molecule has 0 bridgehead atoms. The van der Waals surface area contributed by atoms with Crippen molar-refractivity contribution in [3.63, 3.8) is 0 Å². The van der Waals surface area contributed by atoms with Gasteiger partial charge in [-0.25, -0.2) is 0 Å². The van der Waals surface area contributed by atoms with Gasteiger partial charge in [-0.2, -0.15) is 0 Å². The molecule has 0 fully saturated rings. The van der Waals surface area contributed by atoms with Gasteiger partial charge >= 0.3 is 11.9 Å². The Hall–Kier alpha value is -2.49. The highest BCUT2D eigenvalue weighted by Gasteiger charge is 2.22. The molecule has 0 rings (SSSR count). The van der Waals surface area contributed by atoms with E-state index >= 15 is 0 Å². The van der Waals surface area contributed by atoms with Crippen LogP contribution in [0.2, 0.25) is 0 Å². The summed E-state index contributed by atoms with van der Waals surface area (Å²) in [4.78, 5) is 37.2. The molecule has 0 aromatic heterocycles. The Morgan fingerprint density at radius 2 is 0.844 bits per heavy atom. The molecule has 0 heterocycles. The van der Waals surface area contributed by atoms with Crippen LogP contribution in [0.5, 0.6) is 0 Å². The first-order valence-corrected chi connectivity index (χ1v) is 26.6. The summed E-state index contributed by atoms with van der Waals surface area (Å²) in [5.74, 6) is -2.29. The fraction of sp³-hybridized carbons (Fsp3) is 0.836. The van der Waals surface area contributed by atoms with E-state index in [1.165, 1.54) is 135 Å². The van der Waals surface area contributed by atoms with E-state index in [0.29, 0.717) is 23.9 Å². The van der Waals surface area contributed by atoms with Crippen LogP contribution in [-0.2, 0) is 33.3 Å². The lowest BCUT2D eigenvalue weighted by molar-refractivity contribution is -0.870. The first-order chi connectivity index (χ1) is 31.1. The Morgan fingerprint density at radius 1 is 0.469 bits per heavy atom. The molecule has 9 nitrogen and oxygen atoms in total. The molecule has 0 saturated heterocycles. The maximum Gasteiger partial charge on any atom is 0.306 e. The number of hydrogen-bond acceptors (Lipinski definition) is 8. The summed E-state index contributed by atoms with van der Waals surface area (Å²) >= 11 is 0. The Kier molecular flexibility index (Phi) is 45.2. The van der Waals surface area contributed by atoms with Gasteiger partial charge < -0.3 is 33.3 Å². The highest BCUT2D eigenvalue weighted by molar-refractivity contribution is 5.70. The normalized spacial score (nSPS) is 13.1. The van der Waals surface area contributed by atoms with Crippen LogP contribution < -0.4 is 5.11 Å². The lowest BCUT2D eigenvalue weighted by atomic mass is 10.0. The van der Waals surface area contributed by atoms with Crippen LogP contribution >= 0.6 is 0 Å². The van der Waals surface area contributed by atoms with E-state index in [1.54, 1.807) is 0 Å². The summed E-state index contributed by atoms with van der Waals surface area (Å²) in [7, 11) is 5.92. The highest BCUT2D eigenvalue weighted by Crippen LogP contribution is 2.16. The third kappa shape index (κ3) is 47.5. The van der Waals surface area contributed by atoms with E-state index in [9.17, 15) is 19.5 Å². The van der Waals surface area contributed by atoms with Crippen LogP contribution in [0.3, 0.4) is 0 Å². The van der Waals surface area contributed by atoms with Crippen molar-refractivity contribution in [3.8, 4) is 0 Å². The topological polar surface area (TPSA) is 111 Å². The minimum atomic E-state index is -1.62. The zero-order chi connectivity index (χ0) is 47.0. The molecule has 0 spiro atoms. The van der Waals surface area contributed by atoms with Crippen molar-refractivity contribution in [1.29, 1.82) is 0 Å². The lowest BCUT2D eigenvalue weighted by Gasteiger charge is -2.26. The number of nitrogens with zero attached hydrogens (tertiary/aromatic N) is 1. The van der Waals surface area contributed by atoms with Crippen molar-refractivity contribution < 1.29 is 42.9 Å². The van der Waals surface area contributed by atoms with E-state index in [0.717, 1.165) is 70.6 Å². The maximum atomic E-state index is 12.8.